The molecule has 0 unspecified atom stereocenters. The summed E-state index contributed by atoms with van der Waals surface area (Å²) in [5.74, 6) is -0.392. The van der Waals surface area contributed by atoms with E-state index in [0.717, 1.165) is 0 Å². The molecule has 2 aromatic carbocycles. The number of primary amides is 1. The molecule has 4 rings (SSSR count). The largest absolute Gasteiger partial charge is 0.494 e. The van der Waals surface area contributed by atoms with Crippen molar-refractivity contribution in [2.75, 3.05) is 12.4 Å². The van der Waals surface area contributed by atoms with Gasteiger partial charge in [0, 0.05) is 29.1 Å². The van der Waals surface area contributed by atoms with Gasteiger partial charge in [-0.15, -0.1) is 0 Å². The van der Waals surface area contributed by atoms with Crippen molar-refractivity contribution in [3.05, 3.63) is 65.6 Å². The van der Waals surface area contributed by atoms with E-state index in [2.05, 4.69) is 21.5 Å². The van der Waals surface area contributed by atoms with Crippen molar-refractivity contribution in [2.24, 2.45) is 5.73 Å². The van der Waals surface area contributed by atoms with Crippen molar-refractivity contribution in [1.82, 2.24) is 14.6 Å². The number of halogens is 1. The van der Waals surface area contributed by atoms with Crippen LogP contribution in [0.2, 0.25) is 0 Å². The van der Waals surface area contributed by atoms with E-state index in [1.165, 1.54) is 19.2 Å². The van der Waals surface area contributed by atoms with E-state index in [4.69, 9.17) is 10.5 Å². The zero-order valence-electron chi connectivity index (χ0n) is 15.2. The van der Waals surface area contributed by atoms with E-state index in [0.29, 0.717) is 39.5 Å². The number of aromatic nitrogens is 3. The number of hydrogen-bond donors (Lipinski definition) is 3. The first-order chi connectivity index (χ1) is 14.0. The van der Waals surface area contributed by atoms with Crippen LogP contribution < -0.4 is 15.8 Å². The Morgan fingerprint density at radius 3 is 2.72 bits per heavy atom. The lowest BCUT2D eigenvalue weighted by molar-refractivity contribution is 0.100. The number of nitriles is 1. The van der Waals surface area contributed by atoms with Crippen LogP contribution >= 0.6 is 0 Å². The maximum atomic E-state index is 13.7. The van der Waals surface area contributed by atoms with Gasteiger partial charge in [0.25, 0.3) is 0 Å². The smallest absolute Gasteiger partial charge is 0.248 e. The number of ether oxygens (including phenoxy) is 1. The maximum absolute atomic E-state index is 13.7. The number of nitrogens with one attached hydrogen (secondary N) is 2. The Labute approximate surface area is 164 Å². The van der Waals surface area contributed by atoms with E-state index < -0.39 is 11.7 Å². The van der Waals surface area contributed by atoms with Gasteiger partial charge in [-0.05, 0) is 24.3 Å². The molecule has 0 atom stereocenters. The third-order valence-corrected chi connectivity index (χ3v) is 4.43. The summed E-state index contributed by atoms with van der Waals surface area (Å²) in [6.45, 7) is 0. The van der Waals surface area contributed by atoms with Gasteiger partial charge in [-0.2, -0.15) is 5.26 Å². The summed E-state index contributed by atoms with van der Waals surface area (Å²) in [5.41, 5.74) is 8.27. The maximum Gasteiger partial charge on any atom is 0.248 e. The molecule has 0 bridgehead atoms. The molecule has 8 nitrogen and oxygen atoms in total. The number of nitrogens with two attached hydrogens (primary N) is 1. The number of amides is 1. The minimum absolute atomic E-state index is 0.0901. The molecule has 144 valence electrons. The number of carbonyl (C=O) groups excluding carboxylic acids is 1. The fourth-order valence-corrected chi connectivity index (χ4v) is 2.99. The quantitative estimate of drug-likeness (QED) is 0.483. The van der Waals surface area contributed by atoms with Gasteiger partial charge >= 0.3 is 0 Å². The predicted octanol–water partition coefficient (Wildman–Crippen LogP) is 3.19. The Morgan fingerprint density at radius 1 is 1.31 bits per heavy atom. The van der Waals surface area contributed by atoms with Crippen molar-refractivity contribution < 1.29 is 13.9 Å². The number of anilines is 2. The molecule has 2 heterocycles. The van der Waals surface area contributed by atoms with E-state index >= 15 is 0 Å². The molecule has 2 aromatic heterocycles. The Bertz CT molecular complexity index is 1270. The molecule has 29 heavy (non-hydrogen) atoms. The lowest BCUT2D eigenvalue weighted by Crippen LogP contribution is -2.10. The number of fused-ring (bicyclic) bond motifs is 1. The first-order valence-corrected chi connectivity index (χ1v) is 8.52. The molecule has 0 spiro atoms. The van der Waals surface area contributed by atoms with Crippen molar-refractivity contribution in [3.8, 4) is 23.1 Å². The number of benzene rings is 2. The summed E-state index contributed by atoms with van der Waals surface area (Å²) in [7, 11) is 1.38. The van der Waals surface area contributed by atoms with Gasteiger partial charge in [0.05, 0.1) is 7.11 Å². The van der Waals surface area contributed by atoms with Gasteiger partial charge in [0.2, 0.25) is 5.91 Å². The molecule has 0 aliphatic heterocycles. The van der Waals surface area contributed by atoms with Crippen molar-refractivity contribution >= 4 is 23.1 Å². The first kappa shape index (κ1) is 18.1. The number of carbonyl (C=O) groups is 1. The van der Waals surface area contributed by atoms with Crippen LogP contribution in [0.25, 0.3) is 16.9 Å². The average Bonchev–Trinajstić information content (AvgIpc) is 3.29. The second-order valence-corrected chi connectivity index (χ2v) is 6.18. The third-order valence-electron chi connectivity index (χ3n) is 4.43. The standard InChI is InChI=1S/C20H15FN6O2/c1-29-16-8-14(6-7-15(16)21)25-20-17(11-2-4-12(5-3-11)18(23)28)26-19-13(9-22)10-24-27(19)20/h2-8,10,24-25H,1H3,(H2,23,28). The molecule has 4 aromatic rings. The summed E-state index contributed by atoms with van der Waals surface area (Å²) in [6, 6.07) is 13.1. The lowest BCUT2D eigenvalue weighted by atomic mass is 10.1. The number of imidazole rings is 1. The zero-order valence-corrected chi connectivity index (χ0v) is 15.2. The molecule has 4 N–H and O–H groups in total. The average molecular weight is 390 g/mol. The predicted molar refractivity (Wildman–Crippen MR) is 104 cm³/mol. The summed E-state index contributed by atoms with van der Waals surface area (Å²) in [5, 5.41) is 15.5. The van der Waals surface area contributed by atoms with E-state index in [1.807, 2.05) is 0 Å². The van der Waals surface area contributed by atoms with E-state index in [1.54, 1.807) is 41.0 Å². The van der Waals surface area contributed by atoms with Crippen LogP contribution in [0.15, 0.2) is 48.7 Å². The van der Waals surface area contributed by atoms with Crippen molar-refractivity contribution in [3.63, 3.8) is 0 Å². The highest BCUT2D eigenvalue weighted by Gasteiger charge is 2.19. The Hall–Kier alpha value is -4.32. The molecule has 1 amide bonds. The van der Waals surface area contributed by atoms with Crippen LogP contribution in [0.1, 0.15) is 15.9 Å². The van der Waals surface area contributed by atoms with E-state index in [9.17, 15) is 14.4 Å². The zero-order chi connectivity index (χ0) is 20.5. The van der Waals surface area contributed by atoms with Gasteiger partial charge < -0.3 is 15.8 Å². The topological polar surface area (TPSA) is 121 Å². The second-order valence-electron chi connectivity index (χ2n) is 6.18. The first-order valence-electron chi connectivity index (χ1n) is 8.52. The minimum atomic E-state index is -0.531. The second kappa shape index (κ2) is 7.01. The van der Waals surface area contributed by atoms with Crippen molar-refractivity contribution in [1.29, 1.82) is 5.26 Å². The fraction of sp³-hybridized carbons (Fsp3) is 0.0500. The monoisotopic (exact) mass is 390 g/mol. The minimum Gasteiger partial charge on any atom is -0.494 e. The highest BCUT2D eigenvalue weighted by atomic mass is 19.1. The van der Waals surface area contributed by atoms with E-state index in [-0.39, 0.29) is 5.75 Å². The Morgan fingerprint density at radius 2 is 2.07 bits per heavy atom. The molecule has 0 saturated heterocycles. The van der Waals surface area contributed by atoms with Gasteiger partial charge in [-0.25, -0.2) is 13.9 Å². The van der Waals surface area contributed by atoms with Gasteiger partial charge in [-0.1, -0.05) is 12.1 Å². The van der Waals surface area contributed by atoms with Gasteiger partial charge in [0.15, 0.2) is 23.0 Å². The number of aromatic amines is 1. The van der Waals surface area contributed by atoms with Gasteiger partial charge in [0.1, 0.15) is 17.3 Å². The summed E-state index contributed by atoms with van der Waals surface area (Å²) in [4.78, 5) is 15.9. The Balaban J connectivity index is 1.85. The number of nitrogens with zero attached hydrogens (tertiary/aromatic N) is 3. The molecule has 9 heteroatoms. The van der Waals surface area contributed by atoms with Crippen molar-refractivity contribution in [2.45, 2.75) is 0 Å². The molecule has 0 aliphatic rings. The normalized spacial score (nSPS) is 10.7. The number of hydrogen-bond acceptors (Lipinski definition) is 5. The van der Waals surface area contributed by atoms with Gasteiger partial charge in [-0.3, -0.25) is 9.89 Å². The molecule has 0 radical (unpaired) electrons. The molecular weight excluding hydrogens is 375 g/mol. The number of rotatable bonds is 5. The lowest BCUT2D eigenvalue weighted by Gasteiger charge is -2.10. The van der Waals surface area contributed by atoms with Crippen LogP contribution in [0, 0.1) is 17.1 Å². The summed E-state index contributed by atoms with van der Waals surface area (Å²) in [6.07, 6.45) is 1.54. The summed E-state index contributed by atoms with van der Waals surface area (Å²) >= 11 is 0. The molecule has 0 fully saturated rings. The Kier molecular flexibility index (Phi) is 4.37. The van der Waals surface area contributed by atoms with Crippen LogP contribution in [0.3, 0.4) is 0 Å². The number of H-pyrrole nitrogens is 1. The van der Waals surface area contributed by atoms with Crippen LogP contribution in [-0.4, -0.2) is 27.6 Å². The summed E-state index contributed by atoms with van der Waals surface area (Å²) < 4.78 is 20.4. The fourth-order valence-electron chi connectivity index (χ4n) is 2.99. The highest BCUT2D eigenvalue weighted by molar-refractivity contribution is 5.93. The van der Waals surface area contributed by atoms with Crippen LogP contribution in [-0.2, 0) is 0 Å². The molecule has 0 saturated carbocycles. The molecular formula is C20H15FN6O2. The highest BCUT2D eigenvalue weighted by Crippen LogP contribution is 2.33. The van der Waals surface area contributed by atoms with Crippen LogP contribution in [0.4, 0.5) is 15.9 Å². The SMILES string of the molecule is COc1cc(Nc2c(-c3ccc(C(N)=O)cc3)nc3c(C#N)c[nH]n23)ccc1F. The molecule has 0 aliphatic carbocycles. The number of methoxy groups -OCH3 is 1. The van der Waals surface area contributed by atoms with Crippen LogP contribution in [0.5, 0.6) is 5.75 Å². The third kappa shape index (κ3) is 3.12.